The number of aromatic nitrogens is 2. The molecule has 0 fully saturated rings. The molecule has 1 aromatic heterocycles. The molecule has 0 aliphatic rings. The average Bonchev–Trinajstić information content (AvgIpc) is 2.69. The van der Waals surface area contributed by atoms with E-state index >= 15 is 0 Å². The van der Waals surface area contributed by atoms with Crippen LogP contribution in [0.1, 0.15) is 11.1 Å². The van der Waals surface area contributed by atoms with Gasteiger partial charge in [0.1, 0.15) is 5.82 Å². The van der Waals surface area contributed by atoms with Gasteiger partial charge in [-0.3, -0.25) is 14.2 Å². The Morgan fingerprint density at radius 2 is 2.00 bits per heavy atom. The van der Waals surface area contributed by atoms with Gasteiger partial charge >= 0.3 is 0 Å². The fraction of sp³-hybridized carbons (Fsp3) is 0.150. The van der Waals surface area contributed by atoms with Gasteiger partial charge in [0.2, 0.25) is 5.91 Å². The van der Waals surface area contributed by atoms with Gasteiger partial charge in [-0.25, -0.2) is 9.37 Å². The van der Waals surface area contributed by atoms with Crippen LogP contribution in [-0.4, -0.2) is 21.2 Å². The van der Waals surface area contributed by atoms with Crippen molar-refractivity contribution in [3.8, 4) is 5.69 Å². The summed E-state index contributed by atoms with van der Waals surface area (Å²) in [6, 6.07) is 11.9. The van der Waals surface area contributed by atoms with Crippen molar-refractivity contribution in [2.45, 2.75) is 18.5 Å². The summed E-state index contributed by atoms with van der Waals surface area (Å²) in [6.07, 6.45) is 2.92. The maximum absolute atomic E-state index is 13.3. The van der Waals surface area contributed by atoms with Crippen LogP contribution < -0.4 is 10.9 Å². The summed E-state index contributed by atoms with van der Waals surface area (Å²) in [5.41, 5.74) is 2.17. The largest absolute Gasteiger partial charge is 0.351 e. The minimum Gasteiger partial charge on any atom is -0.351 e. The Morgan fingerprint density at radius 1 is 1.25 bits per heavy atom. The minimum atomic E-state index is -0.563. The molecular formula is C20H17ClFN3O2S. The number of carbonyl (C=O) groups is 1. The molecule has 1 N–H and O–H groups in total. The number of nitrogens with zero attached hydrogens (tertiary/aromatic N) is 2. The first-order valence-corrected chi connectivity index (χ1v) is 9.78. The highest BCUT2D eigenvalue weighted by molar-refractivity contribution is 7.99. The molecule has 0 bridgehead atoms. The maximum Gasteiger partial charge on any atom is 0.287 e. The number of amides is 1. The number of hydrogen-bond donors (Lipinski definition) is 1. The molecule has 0 unspecified atom stereocenters. The van der Waals surface area contributed by atoms with Crippen LogP contribution in [0, 0.1) is 12.7 Å². The molecule has 5 nitrogen and oxygen atoms in total. The van der Waals surface area contributed by atoms with Gasteiger partial charge in [0.05, 0.1) is 16.5 Å². The Balaban J connectivity index is 1.64. The SMILES string of the molecule is Cc1ccc(CNC(=O)CSc2nccn(-c3ccc(F)c(Cl)c3)c2=O)cc1. The normalized spacial score (nSPS) is 10.7. The highest BCUT2D eigenvalue weighted by atomic mass is 35.5. The maximum atomic E-state index is 13.3. The number of carbonyl (C=O) groups excluding carboxylic acids is 1. The second kappa shape index (κ2) is 9.03. The van der Waals surface area contributed by atoms with E-state index in [1.807, 2.05) is 31.2 Å². The third kappa shape index (κ3) is 4.99. The van der Waals surface area contributed by atoms with E-state index in [4.69, 9.17) is 11.6 Å². The molecule has 0 spiro atoms. The van der Waals surface area contributed by atoms with Gasteiger partial charge in [-0.1, -0.05) is 53.2 Å². The fourth-order valence-corrected chi connectivity index (χ4v) is 3.32. The molecule has 0 saturated carbocycles. The predicted molar refractivity (Wildman–Crippen MR) is 109 cm³/mol. The Bertz CT molecular complexity index is 1050. The first kappa shape index (κ1) is 20.1. The first-order chi connectivity index (χ1) is 13.4. The number of thioether (sulfide) groups is 1. The van der Waals surface area contributed by atoms with Crippen LogP contribution in [0.3, 0.4) is 0 Å². The quantitative estimate of drug-likeness (QED) is 0.620. The van der Waals surface area contributed by atoms with Crippen LogP contribution in [0.15, 0.2) is 64.7 Å². The van der Waals surface area contributed by atoms with Crippen LogP contribution in [0.2, 0.25) is 5.02 Å². The molecule has 2 aromatic carbocycles. The van der Waals surface area contributed by atoms with E-state index in [0.29, 0.717) is 12.2 Å². The molecule has 8 heteroatoms. The van der Waals surface area contributed by atoms with Crippen molar-refractivity contribution in [3.05, 3.63) is 87.2 Å². The van der Waals surface area contributed by atoms with Crippen molar-refractivity contribution in [1.82, 2.24) is 14.9 Å². The highest BCUT2D eigenvalue weighted by Gasteiger charge is 2.11. The Morgan fingerprint density at radius 3 is 2.71 bits per heavy atom. The third-order valence-electron chi connectivity index (χ3n) is 3.94. The summed E-state index contributed by atoms with van der Waals surface area (Å²) in [4.78, 5) is 28.7. The van der Waals surface area contributed by atoms with Gasteiger partial charge in [0.15, 0.2) is 5.03 Å². The molecule has 144 valence electrons. The van der Waals surface area contributed by atoms with Gasteiger partial charge in [-0.05, 0) is 30.7 Å². The summed E-state index contributed by atoms with van der Waals surface area (Å²) in [6.45, 7) is 2.42. The predicted octanol–water partition coefficient (Wildman–Crippen LogP) is 3.74. The van der Waals surface area contributed by atoms with Crippen molar-refractivity contribution in [2.75, 3.05) is 5.75 Å². The summed E-state index contributed by atoms with van der Waals surface area (Å²) < 4.78 is 14.6. The Hall–Kier alpha value is -2.64. The number of nitrogens with one attached hydrogen (secondary N) is 1. The highest BCUT2D eigenvalue weighted by Crippen LogP contribution is 2.18. The zero-order chi connectivity index (χ0) is 20.1. The lowest BCUT2D eigenvalue weighted by atomic mass is 10.1. The molecule has 0 radical (unpaired) electrons. The Kier molecular flexibility index (Phi) is 6.49. The smallest absolute Gasteiger partial charge is 0.287 e. The summed E-state index contributed by atoms with van der Waals surface area (Å²) >= 11 is 6.83. The van der Waals surface area contributed by atoms with Gasteiger partial charge in [0.25, 0.3) is 5.56 Å². The molecular weight excluding hydrogens is 401 g/mol. The van der Waals surface area contributed by atoms with E-state index in [0.717, 1.165) is 22.9 Å². The van der Waals surface area contributed by atoms with Gasteiger partial charge in [-0.15, -0.1) is 0 Å². The van der Waals surface area contributed by atoms with E-state index in [9.17, 15) is 14.0 Å². The van der Waals surface area contributed by atoms with Crippen LogP contribution in [0.25, 0.3) is 5.69 Å². The lowest BCUT2D eigenvalue weighted by Gasteiger charge is -2.08. The topological polar surface area (TPSA) is 64.0 Å². The molecule has 0 aliphatic carbocycles. The lowest BCUT2D eigenvalue weighted by Crippen LogP contribution is -2.26. The number of aryl methyl sites for hydroxylation is 1. The third-order valence-corrected chi connectivity index (χ3v) is 5.19. The minimum absolute atomic E-state index is 0.0578. The lowest BCUT2D eigenvalue weighted by molar-refractivity contribution is -0.118. The molecule has 3 rings (SSSR count). The van der Waals surface area contributed by atoms with Crippen LogP contribution in [-0.2, 0) is 11.3 Å². The van der Waals surface area contributed by atoms with Gasteiger partial charge in [-0.2, -0.15) is 0 Å². The molecule has 0 aliphatic heterocycles. The summed E-state index contributed by atoms with van der Waals surface area (Å²) in [5, 5.41) is 2.91. The standard InChI is InChI=1S/C20H17ClFN3O2S/c1-13-2-4-14(5-3-13)11-24-18(26)12-28-19-20(27)25(9-8-23-19)15-6-7-17(22)16(21)10-15/h2-10H,11-12H2,1H3,(H,24,26). The van der Waals surface area contributed by atoms with Gasteiger partial charge < -0.3 is 5.32 Å². The van der Waals surface area contributed by atoms with Gasteiger partial charge in [0, 0.05) is 18.9 Å². The Labute approximate surface area is 170 Å². The van der Waals surface area contributed by atoms with E-state index < -0.39 is 11.4 Å². The number of hydrogen-bond acceptors (Lipinski definition) is 4. The molecule has 3 aromatic rings. The summed E-state index contributed by atoms with van der Waals surface area (Å²) in [5.74, 6) is -0.707. The van der Waals surface area contributed by atoms with Crippen LogP contribution >= 0.6 is 23.4 Å². The molecule has 1 amide bonds. The zero-order valence-corrected chi connectivity index (χ0v) is 16.6. The van der Waals surface area contributed by atoms with Crippen molar-refractivity contribution in [3.63, 3.8) is 0 Å². The second-order valence-electron chi connectivity index (χ2n) is 6.06. The van der Waals surface area contributed by atoms with Crippen molar-refractivity contribution in [1.29, 1.82) is 0 Å². The van der Waals surface area contributed by atoms with Crippen LogP contribution in [0.5, 0.6) is 0 Å². The van der Waals surface area contributed by atoms with E-state index in [2.05, 4.69) is 10.3 Å². The molecule has 28 heavy (non-hydrogen) atoms. The number of halogens is 2. The van der Waals surface area contributed by atoms with E-state index in [1.165, 1.54) is 35.2 Å². The van der Waals surface area contributed by atoms with E-state index in [-0.39, 0.29) is 21.7 Å². The second-order valence-corrected chi connectivity index (χ2v) is 7.43. The monoisotopic (exact) mass is 417 g/mol. The summed E-state index contributed by atoms with van der Waals surface area (Å²) in [7, 11) is 0. The van der Waals surface area contributed by atoms with E-state index in [1.54, 1.807) is 0 Å². The molecule has 0 atom stereocenters. The zero-order valence-electron chi connectivity index (χ0n) is 15.0. The van der Waals surface area contributed by atoms with Crippen LogP contribution in [0.4, 0.5) is 4.39 Å². The first-order valence-electron chi connectivity index (χ1n) is 8.42. The number of rotatable bonds is 6. The average molecular weight is 418 g/mol. The molecule has 1 heterocycles. The fourth-order valence-electron chi connectivity index (χ4n) is 2.42. The van der Waals surface area contributed by atoms with Crippen molar-refractivity contribution >= 4 is 29.3 Å². The number of benzene rings is 2. The van der Waals surface area contributed by atoms with Crippen molar-refractivity contribution < 1.29 is 9.18 Å². The molecule has 0 saturated heterocycles. The van der Waals surface area contributed by atoms with Crippen molar-refractivity contribution in [2.24, 2.45) is 0 Å².